The van der Waals surface area contributed by atoms with Crippen molar-refractivity contribution in [3.05, 3.63) is 82.4 Å². The van der Waals surface area contributed by atoms with Gasteiger partial charge in [0.2, 0.25) is 0 Å². The molecular weight excluding hydrogens is 435 g/mol. The monoisotopic (exact) mass is 456 g/mol. The lowest BCUT2D eigenvalue weighted by molar-refractivity contribution is 0.239. The molecule has 0 radical (unpaired) electrons. The molecule has 1 aliphatic carbocycles. The van der Waals surface area contributed by atoms with Gasteiger partial charge in [-0.2, -0.15) is 0 Å². The van der Waals surface area contributed by atoms with E-state index in [1.165, 1.54) is 12.8 Å². The molecule has 154 valence electrons. The minimum atomic E-state index is -0.0287. The molecule has 3 aromatic rings. The van der Waals surface area contributed by atoms with Gasteiger partial charge in [-0.05, 0) is 67.5 Å². The Kier molecular flexibility index (Phi) is 5.44. The molecule has 2 aliphatic rings. The van der Waals surface area contributed by atoms with Gasteiger partial charge in [0, 0.05) is 29.2 Å². The van der Waals surface area contributed by atoms with E-state index in [0.717, 1.165) is 35.0 Å². The molecule has 0 unspecified atom stereocenters. The zero-order chi connectivity index (χ0) is 20.7. The summed E-state index contributed by atoms with van der Waals surface area (Å²) in [6, 6.07) is 16.3. The van der Waals surface area contributed by atoms with Crippen molar-refractivity contribution in [1.82, 2.24) is 19.8 Å². The van der Waals surface area contributed by atoms with Crippen molar-refractivity contribution in [2.75, 3.05) is 0 Å². The third-order valence-electron chi connectivity index (χ3n) is 6.11. The average molecular weight is 457 g/mol. The molecular formula is C23H22Cl2N4S. The summed E-state index contributed by atoms with van der Waals surface area (Å²) in [6.07, 6.45) is 8.70. The minimum absolute atomic E-state index is 0.0252. The van der Waals surface area contributed by atoms with Gasteiger partial charge in [-0.1, -0.05) is 42.1 Å². The Bertz CT molecular complexity index is 1060. The van der Waals surface area contributed by atoms with Gasteiger partial charge in [-0.25, -0.2) is 0 Å². The van der Waals surface area contributed by atoms with E-state index in [-0.39, 0.29) is 12.1 Å². The Balaban J connectivity index is 1.63. The molecule has 1 aliphatic heterocycles. The Hall–Kier alpha value is -2.08. The quantitative estimate of drug-likeness (QED) is 0.481. The number of hydrogen-bond donors (Lipinski definition) is 1. The Morgan fingerprint density at radius 2 is 1.87 bits per heavy atom. The number of aromatic nitrogens is 2. The van der Waals surface area contributed by atoms with Crippen molar-refractivity contribution < 1.29 is 0 Å². The van der Waals surface area contributed by atoms with E-state index in [2.05, 4.69) is 38.0 Å². The summed E-state index contributed by atoms with van der Waals surface area (Å²) in [5.74, 6) is 0. The van der Waals surface area contributed by atoms with E-state index in [1.54, 1.807) is 6.07 Å². The van der Waals surface area contributed by atoms with Crippen LogP contribution in [0.15, 0.2) is 60.9 Å². The number of thiocarbonyl (C=S) groups is 1. The fourth-order valence-electron chi connectivity index (χ4n) is 4.79. The third-order valence-corrected chi connectivity index (χ3v) is 6.97. The molecule has 2 aromatic heterocycles. The topological polar surface area (TPSA) is 33.1 Å². The first kappa shape index (κ1) is 19.9. The molecule has 4 nitrogen and oxygen atoms in total. The second kappa shape index (κ2) is 8.22. The molecule has 1 aromatic carbocycles. The predicted molar refractivity (Wildman–Crippen MR) is 125 cm³/mol. The largest absolute Gasteiger partial charge is 0.352 e. The highest BCUT2D eigenvalue weighted by Crippen LogP contribution is 2.43. The molecule has 0 amide bonds. The predicted octanol–water partition coefficient (Wildman–Crippen LogP) is 6.09. The van der Waals surface area contributed by atoms with Crippen molar-refractivity contribution in [1.29, 1.82) is 0 Å². The lowest BCUT2D eigenvalue weighted by Crippen LogP contribution is -2.38. The lowest BCUT2D eigenvalue weighted by atomic mass is 9.99. The molecule has 2 fully saturated rings. The molecule has 1 saturated heterocycles. The minimum Gasteiger partial charge on any atom is -0.352 e. The zero-order valence-corrected chi connectivity index (χ0v) is 18.7. The lowest BCUT2D eigenvalue weighted by Gasteiger charge is -2.33. The summed E-state index contributed by atoms with van der Waals surface area (Å²) in [5, 5.41) is 5.61. The molecule has 3 heterocycles. The molecule has 1 saturated carbocycles. The second-order valence-corrected chi connectivity index (χ2v) is 9.10. The van der Waals surface area contributed by atoms with E-state index in [1.807, 2.05) is 36.7 Å². The van der Waals surface area contributed by atoms with E-state index in [9.17, 15) is 0 Å². The standard InChI is InChI=1S/C23H22Cl2N4S/c24-15-10-11-19(17(25)14-15)28-13-5-9-20(28)22-21(18-8-3-4-12-26-18)27-23(30)29(22)16-6-1-2-7-16/h3-5,8-14,16,21-22H,1-2,6-7H2,(H,27,30)/t21-,22-/m1/s1. The number of rotatable bonds is 4. The van der Waals surface area contributed by atoms with Crippen LogP contribution < -0.4 is 5.32 Å². The van der Waals surface area contributed by atoms with Crippen LogP contribution in [0.4, 0.5) is 0 Å². The maximum atomic E-state index is 6.57. The normalized spacial score (nSPS) is 21.9. The van der Waals surface area contributed by atoms with E-state index in [4.69, 9.17) is 35.4 Å². The van der Waals surface area contributed by atoms with Gasteiger partial charge in [0.25, 0.3) is 0 Å². The first-order valence-corrected chi connectivity index (χ1v) is 11.4. The van der Waals surface area contributed by atoms with Gasteiger partial charge in [0.1, 0.15) is 0 Å². The number of hydrogen-bond acceptors (Lipinski definition) is 2. The van der Waals surface area contributed by atoms with E-state index in [0.29, 0.717) is 16.1 Å². The molecule has 0 bridgehead atoms. The van der Waals surface area contributed by atoms with Crippen molar-refractivity contribution in [2.45, 2.75) is 43.8 Å². The highest BCUT2D eigenvalue weighted by Gasteiger charge is 2.44. The van der Waals surface area contributed by atoms with Crippen molar-refractivity contribution in [2.24, 2.45) is 0 Å². The van der Waals surface area contributed by atoms with Gasteiger partial charge in [0.05, 0.1) is 28.5 Å². The summed E-state index contributed by atoms with van der Waals surface area (Å²) >= 11 is 18.6. The van der Waals surface area contributed by atoms with Gasteiger partial charge in [-0.15, -0.1) is 0 Å². The summed E-state index contributed by atoms with van der Waals surface area (Å²) in [6.45, 7) is 0. The number of nitrogens with one attached hydrogen (secondary N) is 1. The molecule has 0 spiro atoms. The molecule has 7 heteroatoms. The van der Waals surface area contributed by atoms with Crippen LogP contribution in [0.1, 0.15) is 49.2 Å². The summed E-state index contributed by atoms with van der Waals surface area (Å²) in [5.41, 5.74) is 3.03. The van der Waals surface area contributed by atoms with Gasteiger partial charge >= 0.3 is 0 Å². The van der Waals surface area contributed by atoms with Gasteiger partial charge in [0.15, 0.2) is 5.11 Å². The number of halogens is 2. The Morgan fingerprint density at radius 1 is 1.03 bits per heavy atom. The maximum absolute atomic E-state index is 6.57. The highest BCUT2D eigenvalue weighted by molar-refractivity contribution is 7.80. The fourth-order valence-corrected chi connectivity index (χ4v) is 5.68. The summed E-state index contributed by atoms with van der Waals surface area (Å²) in [4.78, 5) is 7.05. The third kappa shape index (κ3) is 3.49. The highest BCUT2D eigenvalue weighted by atomic mass is 35.5. The number of benzene rings is 1. The van der Waals surface area contributed by atoms with Crippen LogP contribution in [0.25, 0.3) is 5.69 Å². The molecule has 5 rings (SSSR count). The molecule has 30 heavy (non-hydrogen) atoms. The number of nitrogens with zero attached hydrogens (tertiary/aromatic N) is 3. The Labute approximate surface area is 191 Å². The van der Waals surface area contributed by atoms with Crippen LogP contribution in [-0.2, 0) is 0 Å². The first-order valence-electron chi connectivity index (χ1n) is 10.3. The van der Waals surface area contributed by atoms with Crippen molar-refractivity contribution in [3.8, 4) is 5.69 Å². The summed E-state index contributed by atoms with van der Waals surface area (Å²) < 4.78 is 2.15. The smallest absolute Gasteiger partial charge is 0.170 e. The fraction of sp³-hybridized carbons (Fsp3) is 0.304. The van der Waals surface area contributed by atoms with Crippen LogP contribution in [0, 0.1) is 0 Å². The zero-order valence-electron chi connectivity index (χ0n) is 16.3. The Morgan fingerprint density at radius 3 is 2.60 bits per heavy atom. The molecule has 1 N–H and O–H groups in total. The average Bonchev–Trinajstić information content (AvgIpc) is 3.48. The van der Waals surface area contributed by atoms with Crippen LogP contribution in [0.3, 0.4) is 0 Å². The van der Waals surface area contributed by atoms with E-state index < -0.39 is 0 Å². The van der Waals surface area contributed by atoms with Gasteiger partial charge < -0.3 is 14.8 Å². The van der Waals surface area contributed by atoms with Crippen LogP contribution in [-0.4, -0.2) is 25.6 Å². The molecule has 2 atom stereocenters. The maximum Gasteiger partial charge on any atom is 0.170 e. The first-order chi connectivity index (χ1) is 14.6. The van der Waals surface area contributed by atoms with Crippen molar-refractivity contribution >= 4 is 40.5 Å². The van der Waals surface area contributed by atoms with Crippen LogP contribution in [0.5, 0.6) is 0 Å². The van der Waals surface area contributed by atoms with Crippen LogP contribution in [0.2, 0.25) is 10.0 Å². The van der Waals surface area contributed by atoms with Crippen LogP contribution >= 0.6 is 35.4 Å². The SMILES string of the molecule is S=C1N[C@H](c2ccccn2)[C@@H](c2cccn2-c2ccc(Cl)cc2Cl)N1C1CCCC1. The van der Waals surface area contributed by atoms with Crippen molar-refractivity contribution in [3.63, 3.8) is 0 Å². The summed E-state index contributed by atoms with van der Waals surface area (Å²) in [7, 11) is 0. The number of pyridine rings is 1. The van der Waals surface area contributed by atoms with E-state index >= 15 is 0 Å². The van der Waals surface area contributed by atoms with Gasteiger partial charge in [-0.3, -0.25) is 4.98 Å². The second-order valence-electron chi connectivity index (χ2n) is 7.87.